The molecule has 1 N–H and O–H groups in total. The van der Waals surface area contributed by atoms with Crippen molar-refractivity contribution < 1.29 is 0 Å². The van der Waals surface area contributed by atoms with Crippen molar-refractivity contribution in [2.75, 3.05) is 5.32 Å². The third-order valence-electron chi connectivity index (χ3n) is 2.69. The lowest BCUT2D eigenvalue weighted by atomic mass is 9.88. The van der Waals surface area contributed by atoms with Gasteiger partial charge < -0.3 is 5.32 Å². The van der Waals surface area contributed by atoms with Gasteiger partial charge in [-0.2, -0.15) is 0 Å². The van der Waals surface area contributed by atoms with Gasteiger partial charge in [0.1, 0.15) is 12.1 Å². The molecule has 0 saturated carbocycles. The number of anilines is 1. The van der Waals surface area contributed by atoms with Crippen molar-refractivity contribution >= 4 is 21.7 Å². The van der Waals surface area contributed by atoms with Crippen LogP contribution in [0, 0.1) is 0 Å². The number of nitrogens with zero attached hydrogens (tertiary/aromatic N) is 2. The van der Waals surface area contributed by atoms with E-state index in [0.717, 1.165) is 29.6 Å². The van der Waals surface area contributed by atoms with E-state index < -0.39 is 0 Å². The van der Waals surface area contributed by atoms with E-state index in [2.05, 4.69) is 50.3 Å². The number of aromatic nitrogens is 2. The molecular formula is C11H14BrN3. The Balaban J connectivity index is 2.14. The fraction of sp³-hybridized carbons (Fsp3) is 0.455. The number of rotatable bonds is 2. The minimum Gasteiger partial charge on any atom is -0.364 e. The number of halogens is 1. The minimum atomic E-state index is 0.117. The van der Waals surface area contributed by atoms with E-state index in [1.165, 1.54) is 0 Å². The molecule has 0 fully saturated rings. The van der Waals surface area contributed by atoms with E-state index in [1.807, 2.05) is 0 Å². The molecule has 80 valence electrons. The quantitative estimate of drug-likeness (QED) is 0.837. The van der Waals surface area contributed by atoms with Gasteiger partial charge in [0.25, 0.3) is 0 Å². The molecule has 0 aromatic carbocycles. The summed E-state index contributed by atoms with van der Waals surface area (Å²) in [5.41, 5.74) is 0.117. The third-order valence-corrected chi connectivity index (χ3v) is 3.27. The van der Waals surface area contributed by atoms with Crippen LogP contribution in [0.4, 0.5) is 5.82 Å². The first kappa shape index (κ1) is 10.6. The Kier molecular flexibility index (Phi) is 3.05. The predicted octanol–water partition coefficient (Wildman–Crippen LogP) is 3.15. The Hall–Kier alpha value is -0.900. The summed E-state index contributed by atoms with van der Waals surface area (Å²) < 4.78 is 0.917. The molecule has 0 bridgehead atoms. The Morgan fingerprint density at radius 2 is 2.33 bits per heavy atom. The second-order valence-corrected chi connectivity index (χ2v) is 4.97. The van der Waals surface area contributed by atoms with Crippen LogP contribution in [0.2, 0.25) is 0 Å². The van der Waals surface area contributed by atoms with Crippen molar-refractivity contribution in [1.29, 1.82) is 0 Å². The van der Waals surface area contributed by atoms with Crippen LogP contribution in [-0.4, -0.2) is 15.5 Å². The van der Waals surface area contributed by atoms with E-state index in [-0.39, 0.29) is 5.54 Å². The van der Waals surface area contributed by atoms with Gasteiger partial charge in [0.05, 0.1) is 4.47 Å². The number of nitrogens with one attached hydrogen (secondary N) is 1. The minimum absolute atomic E-state index is 0.117. The lowest BCUT2D eigenvalue weighted by Gasteiger charge is -2.32. The van der Waals surface area contributed by atoms with Crippen LogP contribution < -0.4 is 5.32 Å². The largest absolute Gasteiger partial charge is 0.364 e. The van der Waals surface area contributed by atoms with E-state index in [0.29, 0.717) is 0 Å². The summed E-state index contributed by atoms with van der Waals surface area (Å²) in [6, 6.07) is 0. The molecule has 15 heavy (non-hydrogen) atoms. The second-order valence-electron chi connectivity index (χ2n) is 4.12. The highest BCUT2D eigenvalue weighted by Crippen LogP contribution is 2.29. The smallest absolute Gasteiger partial charge is 0.144 e. The Labute approximate surface area is 98.1 Å². The average molecular weight is 268 g/mol. The van der Waals surface area contributed by atoms with Crippen molar-refractivity contribution in [3.63, 3.8) is 0 Å². The molecule has 1 aliphatic carbocycles. The fourth-order valence-electron chi connectivity index (χ4n) is 1.77. The van der Waals surface area contributed by atoms with Crippen LogP contribution in [-0.2, 0) is 0 Å². The van der Waals surface area contributed by atoms with Gasteiger partial charge in [-0.15, -0.1) is 0 Å². The standard InChI is InChI=1S/C11H14BrN3/c1-11(5-3-2-4-6-11)15-10-9(12)7-13-8-14-10/h2-3,7-8H,4-6H2,1H3,(H,13,14,15). The maximum atomic E-state index is 4.22. The molecule has 1 aliphatic rings. The van der Waals surface area contributed by atoms with Crippen LogP contribution in [0.15, 0.2) is 29.1 Å². The van der Waals surface area contributed by atoms with Crippen LogP contribution in [0.5, 0.6) is 0 Å². The van der Waals surface area contributed by atoms with E-state index in [1.54, 1.807) is 12.5 Å². The van der Waals surface area contributed by atoms with Gasteiger partial charge in [-0.25, -0.2) is 9.97 Å². The highest BCUT2D eigenvalue weighted by molar-refractivity contribution is 9.10. The second kappa shape index (κ2) is 4.31. The van der Waals surface area contributed by atoms with E-state index in [4.69, 9.17) is 0 Å². The van der Waals surface area contributed by atoms with Crippen molar-refractivity contribution in [3.05, 3.63) is 29.1 Å². The van der Waals surface area contributed by atoms with Crippen molar-refractivity contribution in [2.24, 2.45) is 0 Å². The van der Waals surface area contributed by atoms with E-state index in [9.17, 15) is 0 Å². The van der Waals surface area contributed by atoms with Gasteiger partial charge in [0.2, 0.25) is 0 Å². The third kappa shape index (κ3) is 2.56. The first-order chi connectivity index (χ1) is 7.20. The number of allylic oxidation sites excluding steroid dienone is 1. The molecule has 0 spiro atoms. The molecule has 4 heteroatoms. The predicted molar refractivity (Wildman–Crippen MR) is 64.8 cm³/mol. The van der Waals surface area contributed by atoms with Crippen molar-refractivity contribution in [3.8, 4) is 0 Å². The molecule has 0 saturated heterocycles. The summed E-state index contributed by atoms with van der Waals surface area (Å²) in [6.07, 6.45) is 11.1. The summed E-state index contributed by atoms with van der Waals surface area (Å²) >= 11 is 3.44. The molecule has 1 aromatic rings. The molecule has 1 aromatic heterocycles. The molecule has 0 radical (unpaired) electrons. The maximum absolute atomic E-state index is 4.22. The van der Waals surface area contributed by atoms with Crippen LogP contribution in [0.25, 0.3) is 0 Å². The molecule has 0 aliphatic heterocycles. The summed E-state index contributed by atoms with van der Waals surface area (Å²) in [5, 5.41) is 3.48. The van der Waals surface area contributed by atoms with Gasteiger partial charge in [0.15, 0.2) is 0 Å². The molecule has 1 heterocycles. The molecule has 1 unspecified atom stereocenters. The average Bonchev–Trinajstić information content (AvgIpc) is 2.22. The first-order valence-electron chi connectivity index (χ1n) is 5.08. The lowest BCUT2D eigenvalue weighted by Crippen LogP contribution is -2.35. The van der Waals surface area contributed by atoms with Crippen LogP contribution in [0.3, 0.4) is 0 Å². The monoisotopic (exact) mass is 267 g/mol. The zero-order chi connectivity index (χ0) is 10.7. The first-order valence-corrected chi connectivity index (χ1v) is 5.88. The Morgan fingerprint density at radius 1 is 1.47 bits per heavy atom. The van der Waals surface area contributed by atoms with E-state index >= 15 is 0 Å². The molecule has 1 atom stereocenters. The van der Waals surface area contributed by atoms with Crippen molar-refractivity contribution in [1.82, 2.24) is 9.97 Å². The summed E-state index contributed by atoms with van der Waals surface area (Å²) in [7, 11) is 0. The maximum Gasteiger partial charge on any atom is 0.144 e. The molecule has 0 amide bonds. The molecular weight excluding hydrogens is 254 g/mol. The SMILES string of the molecule is CC1(Nc2ncncc2Br)CC=CCC1. The highest BCUT2D eigenvalue weighted by atomic mass is 79.9. The summed E-state index contributed by atoms with van der Waals surface area (Å²) in [6.45, 7) is 2.23. The summed E-state index contributed by atoms with van der Waals surface area (Å²) in [5.74, 6) is 0.878. The van der Waals surface area contributed by atoms with Gasteiger partial charge in [-0.1, -0.05) is 12.2 Å². The van der Waals surface area contributed by atoms with Gasteiger partial charge in [0, 0.05) is 11.7 Å². The Bertz CT molecular complexity index is 378. The Morgan fingerprint density at radius 3 is 3.00 bits per heavy atom. The lowest BCUT2D eigenvalue weighted by molar-refractivity contribution is 0.464. The van der Waals surface area contributed by atoms with Gasteiger partial charge in [-0.3, -0.25) is 0 Å². The zero-order valence-corrected chi connectivity index (χ0v) is 10.3. The zero-order valence-electron chi connectivity index (χ0n) is 8.70. The molecule has 2 rings (SSSR count). The number of hydrogen-bond acceptors (Lipinski definition) is 3. The summed E-state index contributed by atoms with van der Waals surface area (Å²) in [4.78, 5) is 8.17. The number of hydrogen-bond donors (Lipinski definition) is 1. The fourth-order valence-corrected chi connectivity index (χ4v) is 2.09. The molecule has 3 nitrogen and oxygen atoms in total. The topological polar surface area (TPSA) is 37.8 Å². The van der Waals surface area contributed by atoms with Crippen LogP contribution >= 0.6 is 15.9 Å². The van der Waals surface area contributed by atoms with Gasteiger partial charge >= 0.3 is 0 Å². The highest BCUT2D eigenvalue weighted by Gasteiger charge is 2.25. The van der Waals surface area contributed by atoms with Gasteiger partial charge in [-0.05, 0) is 42.1 Å². The normalized spacial score (nSPS) is 25.2. The van der Waals surface area contributed by atoms with Crippen molar-refractivity contribution in [2.45, 2.75) is 31.7 Å². The van der Waals surface area contributed by atoms with Crippen LogP contribution in [0.1, 0.15) is 26.2 Å².